The molecule has 0 aliphatic carbocycles. The lowest BCUT2D eigenvalue weighted by Gasteiger charge is -2.15. The molecule has 0 aromatic heterocycles. The number of rotatable bonds is 8. The maximum Gasteiger partial charge on any atom is 0.220 e. The van der Waals surface area contributed by atoms with Gasteiger partial charge in [0.25, 0.3) is 0 Å². The molecule has 1 N–H and O–H groups in total. The molecule has 0 fully saturated rings. The Balaban J connectivity index is 1.91. The first-order valence-electron chi connectivity index (χ1n) is 9.03. The number of nitrogens with one attached hydrogen (secondary N) is 1. The first-order valence-corrected chi connectivity index (χ1v) is 9.03. The van der Waals surface area contributed by atoms with Crippen LogP contribution in [-0.2, 0) is 4.79 Å². The van der Waals surface area contributed by atoms with Gasteiger partial charge in [-0.3, -0.25) is 9.59 Å². The number of ether oxygens (including phenoxy) is 1. The summed E-state index contributed by atoms with van der Waals surface area (Å²) < 4.78 is 5.49. The smallest absolute Gasteiger partial charge is 0.220 e. The second-order valence-electron chi connectivity index (χ2n) is 6.54. The fraction of sp³-hybridized carbons (Fsp3) is 0.364. The minimum atomic E-state index is -0.140. The van der Waals surface area contributed by atoms with Crippen molar-refractivity contribution < 1.29 is 14.3 Å². The number of aryl methyl sites for hydroxylation is 2. The van der Waals surface area contributed by atoms with Crippen molar-refractivity contribution in [1.29, 1.82) is 0 Å². The number of amides is 1. The van der Waals surface area contributed by atoms with E-state index in [2.05, 4.69) is 5.32 Å². The van der Waals surface area contributed by atoms with Crippen molar-refractivity contribution in [3.8, 4) is 5.75 Å². The van der Waals surface area contributed by atoms with Crippen molar-refractivity contribution in [2.75, 3.05) is 6.61 Å². The maximum atomic E-state index is 12.4. The van der Waals surface area contributed by atoms with Crippen molar-refractivity contribution in [1.82, 2.24) is 5.32 Å². The Hall–Kier alpha value is -2.62. The van der Waals surface area contributed by atoms with Crippen LogP contribution >= 0.6 is 0 Å². The SMILES string of the molecule is CCOc1cccc(C(C)NC(=O)CCC(=O)c2cc(C)ccc2C)c1. The first-order chi connectivity index (χ1) is 12.4. The normalized spacial score (nSPS) is 11.7. The summed E-state index contributed by atoms with van der Waals surface area (Å²) >= 11 is 0. The Morgan fingerprint density at radius 1 is 1.08 bits per heavy atom. The van der Waals surface area contributed by atoms with Gasteiger partial charge in [0.1, 0.15) is 5.75 Å². The van der Waals surface area contributed by atoms with Crippen LogP contribution in [0.25, 0.3) is 0 Å². The molecule has 4 heteroatoms. The molecule has 2 rings (SSSR count). The van der Waals surface area contributed by atoms with Gasteiger partial charge in [-0.05, 0) is 57.0 Å². The summed E-state index contributed by atoms with van der Waals surface area (Å²) in [4.78, 5) is 24.6. The zero-order chi connectivity index (χ0) is 19.1. The predicted octanol–water partition coefficient (Wildman–Crippen LogP) is 4.54. The van der Waals surface area contributed by atoms with Crippen LogP contribution in [-0.4, -0.2) is 18.3 Å². The van der Waals surface area contributed by atoms with E-state index >= 15 is 0 Å². The Morgan fingerprint density at radius 2 is 1.85 bits per heavy atom. The van der Waals surface area contributed by atoms with Crippen molar-refractivity contribution >= 4 is 11.7 Å². The van der Waals surface area contributed by atoms with Crippen LogP contribution in [0.4, 0.5) is 0 Å². The summed E-state index contributed by atoms with van der Waals surface area (Å²) in [6.45, 7) is 8.34. The van der Waals surface area contributed by atoms with Crippen molar-refractivity contribution in [3.05, 3.63) is 64.7 Å². The molecule has 0 aliphatic rings. The van der Waals surface area contributed by atoms with Crippen molar-refractivity contribution in [3.63, 3.8) is 0 Å². The number of Topliss-reactive ketones (excluding diaryl/α,β-unsaturated/α-hetero) is 1. The predicted molar refractivity (Wildman–Crippen MR) is 104 cm³/mol. The average Bonchev–Trinajstić information content (AvgIpc) is 2.62. The quantitative estimate of drug-likeness (QED) is 0.709. The molecule has 2 aromatic rings. The summed E-state index contributed by atoms with van der Waals surface area (Å²) in [5.41, 5.74) is 3.67. The third kappa shape index (κ3) is 5.45. The standard InChI is InChI=1S/C22H27NO3/c1-5-26-19-8-6-7-18(14-19)17(4)23-22(25)12-11-21(24)20-13-15(2)9-10-16(20)3/h6-10,13-14,17H,5,11-12H2,1-4H3,(H,23,25). The number of ketones is 1. The van der Waals surface area contributed by atoms with Gasteiger partial charge >= 0.3 is 0 Å². The van der Waals surface area contributed by atoms with Gasteiger partial charge < -0.3 is 10.1 Å². The van der Waals surface area contributed by atoms with Gasteiger partial charge in [-0.15, -0.1) is 0 Å². The van der Waals surface area contributed by atoms with E-state index in [1.54, 1.807) is 0 Å². The fourth-order valence-electron chi connectivity index (χ4n) is 2.84. The molecule has 1 amide bonds. The molecule has 0 heterocycles. The highest BCUT2D eigenvalue weighted by atomic mass is 16.5. The van der Waals surface area contributed by atoms with Crippen molar-refractivity contribution in [2.45, 2.75) is 46.6 Å². The molecule has 0 spiro atoms. The van der Waals surface area contributed by atoms with E-state index in [9.17, 15) is 9.59 Å². The maximum absolute atomic E-state index is 12.4. The summed E-state index contributed by atoms with van der Waals surface area (Å²) in [5.74, 6) is 0.668. The minimum absolute atomic E-state index is 0.00680. The number of hydrogen-bond donors (Lipinski definition) is 1. The molecule has 1 atom stereocenters. The molecule has 2 aromatic carbocycles. The van der Waals surface area contributed by atoms with Crippen LogP contribution in [0.1, 0.15) is 59.8 Å². The monoisotopic (exact) mass is 353 g/mol. The van der Waals surface area contributed by atoms with E-state index < -0.39 is 0 Å². The zero-order valence-corrected chi connectivity index (χ0v) is 16.0. The molecular weight excluding hydrogens is 326 g/mol. The van der Waals surface area contributed by atoms with Gasteiger partial charge in [-0.25, -0.2) is 0 Å². The molecule has 138 valence electrons. The highest BCUT2D eigenvalue weighted by Gasteiger charge is 2.14. The molecule has 0 saturated heterocycles. The lowest BCUT2D eigenvalue weighted by Crippen LogP contribution is -2.27. The Kier molecular flexibility index (Phi) is 6.96. The average molecular weight is 353 g/mol. The van der Waals surface area contributed by atoms with Gasteiger partial charge in [0.15, 0.2) is 5.78 Å². The summed E-state index contributed by atoms with van der Waals surface area (Å²) in [5, 5.41) is 2.95. The lowest BCUT2D eigenvalue weighted by molar-refractivity contribution is -0.121. The van der Waals surface area contributed by atoms with E-state index in [1.807, 2.05) is 70.2 Å². The van der Waals surface area contributed by atoms with Crippen LogP contribution in [0.2, 0.25) is 0 Å². The van der Waals surface area contributed by atoms with Gasteiger partial charge in [-0.2, -0.15) is 0 Å². The molecule has 0 radical (unpaired) electrons. The number of carbonyl (C=O) groups excluding carboxylic acids is 2. The fourth-order valence-corrected chi connectivity index (χ4v) is 2.84. The molecular formula is C22H27NO3. The second-order valence-corrected chi connectivity index (χ2v) is 6.54. The highest BCUT2D eigenvalue weighted by molar-refractivity contribution is 5.99. The van der Waals surface area contributed by atoms with E-state index in [4.69, 9.17) is 4.74 Å². The Morgan fingerprint density at radius 3 is 2.58 bits per heavy atom. The molecule has 26 heavy (non-hydrogen) atoms. The number of benzene rings is 2. The van der Waals surface area contributed by atoms with E-state index in [1.165, 1.54) is 0 Å². The van der Waals surface area contributed by atoms with Crippen LogP contribution < -0.4 is 10.1 Å². The first kappa shape index (κ1) is 19.7. The second kappa shape index (κ2) is 9.18. The van der Waals surface area contributed by atoms with Crippen LogP contribution in [0.3, 0.4) is 0 Å². The van der Waals surface area contributed by atoms with Crippen molar-refractivity contribution in [2.24, 2.45) is 0 Å². The minimum Gasteiger partial charge on any atom is -0.494 e. The number of carbonyl (C=O) groups is 2. The summed E-state index contributed by atoms with van der Waals surface area (Å²) in [6.07, 6.45) is 0.392. The Bertz CT molecular complexity index is 783. The third-order valence-electron chi connectivity index (χ3n) is 4.32. The largest absolute Gasteiger partial charge is 0.494 e. The van der Waals surface area contributed by atoms with Gasteiger partial charge in [0.2, 0.25) is 5.91 Å². The van der Waals surface area contributed by atoms with Gasteiger partial charge in [0, 0.05) is 18.4 Å². The van der Waals surface area contributed by atoms with Gasteiger partial charge in [0.05, 0.1) is 12.6 Å². The molecule has 4 nitrogen and oxygen atoms in total. The summed E-state index contributed by atoms with van der Waals surface area (Å²) in [7, 11) is 0. The van der Waals surface area contributed by atoms with Crippen LogP contribution in [0.15, 0.2) is 42.5 Å². The van der Waals surface area contributed by atoms with Gasteiger partial charge in [-0.1, -0.05) is 29.8 Å². The highest BCUT2D eigenvalue weighted by Crippen LogP contribution is 2.19. The molecule has 1 unspecified atom stereocenters. The topological polar surface area (TPSA) is 55.4 Å². The van der Waals surface area contributed by atoms with Crippen LogP contribution in [0.5, 0.6) is 5.75 Å². The number of hydrogen-bond acceptors (Lipinski definition) is 3. The zero-order valence-electron chi connectivity index (χ0n) is 16.0. The van der Waals surface area contributed by atoms with Crippen LogP contribution in [0, 0.1) is 13.8 Å². The van der Waals surface area contributed by atoms with E-state index in [-0.39, 0.29) is 30.6 Å². The molecule has 0 saturated carbocycles. The Labute approximate surface area is 155 Å². The summed E-state index contributed by atoms with van der Waals surface area (Å²) in [6, 6.07) is 13.4. The van der Waals surface area contributed by atoms with E-state index in [0.717, 1.165) is 22.4 Å². The molecule has 0 aliphatic heterocycles. The molecule has 0 bridgehead atoms. The third-order valence-corrected chi connectivity index (χ3v) is 4.32. The lowest BCUT2D eigenvalue weighted by atomic mass is 9.99. The van der Waals surface area contributed by atoms with E-state index in [0.29, 0.717) is 12.2 Å².